The SMILES string of the molecule is C.Cc1ccc(CC(NC(=O)C(CC(=O)C(CCCCN)C(C)(C)C)CC(C)C)C(=O)O)cc1.Cc1ccc(CC(NC(=O)C(CC(=O)C(CN)C(C)(C)C)CC(C)C)C(=O)O)cc1. The zero-order valence-electron chi connectivity index (χ0n) is 40.5. The predicted octanol–water partition coefficient (Wildman–Crippen LogP) is 8.51. The van der Waals surface area contributed by atoms with E-state index in [0.717, 1.165) is 41.5 Å². The van der Waals surface area contributed by atoms with Gasteiger partial charge >= 0.3 is 11.9 Å². The number of unbranched alkanes of at least 4 members (excludes halogenated alkanes) is 1. The van der Waals surface area contributed by atoms with Crippen LogP contribution >= 0.6 is 0 Å². The maximum atomic E-state index is 13.3. The van der Waals surface area contributed by atoms with Gasteiger partial charge in [-0.2, -0.15) is 0 Å². The van der Waals surface area contributed by atoms with Crippen LogP contribution < -0.4 is 22.1 Å². The molecule has 0 aromatic heterocycles. The Hall–Kier alpha value is -4.42. The second-order valence-electron chi connectivity index (χ2n) is 20.5. The van der Waals surface area contributed by atoms with Gasteiger partial charge in [0.15, 0.2) is 0 Å². The van der Waals surface area contributed by atoms with E-state index in [4.69, 9.17) is 11.5 Å². The molecule has 2 aromatic rings. The first kappa shape index (κ1) is 59.6. The second kappa shape index (κ2) is 28.5. The first-order valence-electron chi connectivity index (χ1n) is 22.8. The van der Waals surface area contributed by atoms with E-state index in [1.54, 1.807) is 0 Å². The van der Waals surface area contributed by atoms with Gasteiger partial charge < -0.3 is 32.3 Å². The van der Waals surface area contributed by atoms with Gasteiger partial charge in [0.25, 0.3) is 0 Å². The van der Waals surface area contributed by atoms with Crippen molar-refractivity contribution in [3.05, 3.63) is 70.8 Å². The van der Waals surface area contributed by atoms with Crippen molar-refractivity contribution in [2.45, 2.75) is 160 Å². The average molecular weight is 895 g/mol. The molecule has 12 nitrogen and oxygen atoms in total. The Bertz CT molecular complexity index is 1740. The van der Waals surface area contributed by atoms with Crippen molar-refractivity contribution in [2.24, 2.45) is 57.8 Å². The molecule has 64 heavy (non-hydrogen) atoms. The number of carboxylic acids is 2. The highest BCUT2D eigenvalue weighted by molar-refractivity contribution is 5.91. The Morgan fingerprint density at radius 1 is 0.578 bits per heavy atom. The number of aryl methyl sites for hydroxylation is 2. The quantitative estimate of drug-likeness (QED) is 0.0522. The third-order valence-corrected chi connectivity index (χ3v) is 11.5. The van der Waals surface area contributed by atoms with Crippen molar-refractivity contribution in [3.8, 4) is 0 Å². The van der Waals surface area contributed by atoms with Gasteiger partial charge in [-0.05, 0) is 79.9 Å². The molecule has 8 N–H and O–H groups in total. The van der Waals surface area contributed by atoms with E-state index in [0.29, 0.717) is 19.4 Å². The molecule has 0 spiro atoms. The molecule has 0 saturated heterocycles. The third-order valence-electron chi connectivity index (χ3n) is 11.5. The lowest BCUT2D eigenvalue weighted by atomic mass is 9.73. The minimum atomic E-state index is -1.09. The number of nitrogens with two attached hydrogens (primary N) is 2. The van der Waals surface area contributed by atoms with Crippen LogP contribution in [0.3, 0.4) is 0 Å². The largest absolute Gasteiger partial charge is 0.480 e. The van der Waals surface area contributed by atoms with E-state index < -0.39 is 35.9 Å². The van der Waals surface area contributed by atoms with Crippen LogP contribution in [0.5, 0.6) is 0 Å². The zero-order valence-corrected chi connectivity index (χ0v) is 40.5. The molecule has 362 valence electrons. The molecule has 0 bridgehead atoms. The fourth-order valence-electron chi connectivity index (χ4n) is 7.91. The third kappa shape index (κ3) is 22.5. The van der Waals surface area contributed by atoms with E-state index in [-0.39, 0.29) is 97.5 Å². The summed E-state index contributed by atoms with van der Waals surface area (Å²) in [5, 5.41) is 24.7. The summed E-state index contributed by atoms with van der Waals surface area (Å²) in [6.45, 7) is 24.8. The van der Waals surface area contributed by atoms with Crippen molar-refractivity contribution in [1.82, 2.24) is 10.6 Å². The number of ketones is 2. The number of carbonyl (C=O) groups excluding carboxylic acids is 4. The first-order chi connectivity index (χ1) is 29.2. The normalized spacial score (nSPS) is 14.4. The molecule has 0 aliphatic rings. The molecule has 2 amide bonds. The monoisotopic (exact) mass is 895 g/mol. The van der Waals surface area contributed by atoms with E-state index in [9.17, 15) is 39.0 Å². The minimum Gasteiger partial charge on any atom is -0.480 e. The minimum absolute atomic E-state index is 0. The molecule has 0 heterocycles. The number of carboxylic acid groups (broad SMARTS) is 2. The van der Waals surface area contributed by atoms with E-state index in [1.165, 1.54) is 0 Å². The van der Waals surface area contributed by atoms with E-state index >= 15 is 0 Å². The molecular formula is C52H86N4O8. The van der Waals surface area contributed by atoms with Crippen molar-refractivity contribution < 1.29 is 39.0 Å². The molecule has 2 aromatic carbocycles. The summed E-state index contributed by atoms with van der Waals surface area (Å²) in [4.78, 5) is 75.9. The number of hydrogen-bond acceptors (Lipinski definition) is 8. The van der Waals surface area contributed by atoms with Crippen molar-refractivity contribution >= 4 is 35.3 Å². The maximum absolute atomic E-state index is 13.3. The Balaban J connectivity index is 0.00000123. The standard InChI is InChI=1S/C27H44N2O4.C24H38N2O4.CH4/c1-18(2)15-21(17-24(30)22(27(4,5)6)9-7-8-14-28)25(31)29-23(26(32)33)16-20-12-10-19(3)11-13-20;1-15(2)11-18(13-21(27)19(14-25)24(4,5)6)22(28)26-20(23(29)30)12-17-9-7-16(3)8-10-17;/h10-13,18,21-23H,7-9,14-17,28H2,1-6H3,(H,29,31)(H,32,33);7-10,15,18-20H,11-14,25H2,1-6H3,(H,26,28)(H,29,30);1H4. The summed E-state index contributed by atoms with van der Waals surface area (Å²) >= 11 is 0. The summed E-state index contributed by atoms with van der Waals surface area (Å²) < 4.78 is 0. The number of hydrogen-bond donors (Lipinski definition) is 6. The Kier molecular flexibility index (Phi) is 26.5. The smallest absolute Gasteiger partial charge is 0.326 e. The summed E-state index contributed by atoms with van der Waals surface area (Å²) in [5.41, 5.74) is 14.8. The van der Waals surface area contributed by atoms with Crippen molar-refractivity contribution in [3.63, 3.8) is 0 Å². The number of amides is 2. The topological polar surface area (TPSA) is 219 Å². The van der Waals surface area contributed by atoms with Crippen molar-refractivity contribution in [1.29, 1.82) is 0 Å². The number of nitrogens with one attached hydrogen (secondary N) is 2. The highest BCUT2D eigenvalue weighted by atomic mass is 16.4. The maximum Gasteiger partial charge on any atom is 0.326 e. The highest BCUT2D eigenvalue weighted by Crippen LogP contribution is 2.34. The Labute approximate surface area is 385 Å². The second-order valence-corrected chi connectivity index (χ2v) is 20.5. The van der Waals surface area contributed by atoms with Gasteiger partial charge in [0.05, 0.1) is 0 Å². The molecule has 0 aliphatic heterocycles. The summed E-state index contributed by atoms with van der Waals surface area (Å²) in [6, 6.07) is 13.1. The van der Waals surface area contributed by atoms with Gasteiger partial charge in [0, 0.05) is 55.9 Å². The van der Waals surface area contributed by atoms with Crippen LogP contribution in [0.1, 0.15) is 144 Å². The van der Waals surface area contributed by atoms with Gasteiger partial charge in [0.2, 0.25) is 11.8 Å². The zero-order chi connectivity index (χ0) is 48.2. The highest BCUT2D eigenvalue weighted by Gasteiger charge is 2.36. The average Bonchev–Trinajstić information content (AvgIpc) is 3.16. The molecular weight excluding hydrogens is 809 g/mol. The van der Waals surface area contributed by atoms with E-state index in [1.807, 2.05) is 111 Å². The Morgan fingerprint density at radius 3 is 1.20 bits per heavy atom. The lowest BCUT2D eigenvalue weighted by Crippen LogP contribution is -2.46. The summed E-state index contributed by atoms with van der Waals surface area (Å²) in [5.74, 6) is -4.10. The lowest BCUT2D eigenvalue weighted by molar-refractivity contribution is -0.143. The molecule has 0 fully saturated rings. The number of benzene rings is 2. The molecule has 0 saturated carbocycles. The van der Waals surface area contributed by atoms with Crippen LogP contribution in [-0.2, 0) is 41.6 Å². The molecule has 12 heteroatoms. The molecule has 0 aliphatic carbocycles. The number of carbonyl (C=O) groups is 6. The van der Waals surface area contributed by atoms with E-state index in [2.05, 4.69) is 31.4 Å². The summed E-state index contributed by atoms with van der Waals surface area (Å²) in [7, 11) is 0. The van der Waals surface area contributed by atoms with Crippen LogP contribution in [0.15, 0.2) is 48.5 Å². The van der Waals surface area contributed by atoms with Gasteiger partial charge in [-0.3, -0.25) is 19.2 Å². The van der Waals surface area contributed by atoms with Crippen LogP contribution in [0.4, 0.5) is 0 Å². The molecule has 6 atom stereocenters. The first-order valence-corrected chi connectivity index (χ1v) is 22.8. The predicted molar refractivity (Wildman–Crippen MR) is 259 cm³/mol. The van der Waals surface area contributed by atoms with Crippen LogP contribution in [-0.4, -0.2) is 70.7 Å². The van der Waals surface area contributed by atoms with Crippen LogP contribution in [0.2, 0.25) is 0 Å². The molecule has 2 rings (SSSR count). The van der Waals surface area contributed by atoms with Crippen LogP contribution in [0, 0.1) is 60.2 Å². The Morgan fingerprint density at radius 2 is 0.922 bits per heavy atom. The van der Waals surface area contributed by atoms with Gasteiger partial charge in [-0.15, -0.1) is 0 Å². The number of aliphatic carboxylic acids is 2. The summed E-state index contributed by atoms with van der Waals surface area (Å²) in [6.07, 6.45) is 4.14. The lowest BCUT2D eigenvalue weighted by Gasteiger charge is -2.31. The van der Waals surface area contributed by atoms with Gasteiger partial charge in [-0.1, -0.05) is 143 Å². The number of rotatable bonds is 25. The number of Topliss-reactive ketones (excluding diaryl/α,β-unsaturated/α-hetero) is 2. The van der Waals surface area contributed by atoms with Gasteiger partial charge in [-0.25, -0.2) is 9.59 Å². The van der Waals surface area contributed by atoms with Gasteiger partial charge in [0.1, 0.15) is 23.7 Å². The fraction of sp³-hybridized carbons (Fsp3) is 0.654. The van der Waals surface area contributed by atoms with Crippen LogP contribution in [0.25, 0.3) is 0 Å². The molecule has 6 unspecified atom stereocenters. The fourth-order valence-corrected chi connectivity index (χ4v) is 7.91. The van der Waals surface area contributed by atoms with Crippen molar-refractivity contribution in [2.75, 3.05) is 13.1 Å². The molecule has 0 radical (unpaired) electrons.